The Bertz CT molecular complexity index is 1240. The predicted octanol–water partition coefficient (Wildman–Crippen LogP) is 6.60. The van der Waals surface area contributed by atoms with E-state index in [1.54, 1.807) is 0 Å². The second kappa shape index (κ2) is 10.6. The minimum Gasteiger partial charge on any atom is -0.335 e. The van der Waals surface area contributed by atoms with Crippen LogP contribution in [0.5, 0.6) is 0 Å². The highest BCUT2D eigenvalue weighted by atomic mass is 35.5. The van der Waals surface area contributed by atoms with Crippen molar-refractivity contribution < 1.29 is 13.5 Å². The van der Waals surface area contributed by atoms with E-state index in [2.05, 4.69) is 82.1 Å². The van der Waals surface area contributed by atoms with Gasteiger partial charge in [0.25, 0.3) is 5.01 Å². The molecule has 0 saturated carbocycles. The van der Waals surface area contributed by atoms with Crippen molar-refractivity contribution >= 4 is 68.3 Å². The molecule has 1 aliphatic heterocycles. The summed E-state index contributed by atoms with van der Waals surface area (Å²) in [6.45, 7) is 4.19. The number of hydrogen-bond donors (Lipinski definition) is 0. The zero-order valence-electron chi connectivity index (χ0n) is 21.6. The third-order valence-electron chi connectivity index (χ3n) is 6.05. The lowest BCUT2D eigenvalue weighted by atomic mass is 10.2. The van der Waals surface area contributed by atoms with Crippen LogP contribution in [0.15, 0.2) is 46.3 Å². The van der Waals surface area contributed by atoms with Crippen molar-refractivity contribution in [1.82, 2.24) is 0 Å². The van der Waals surface area contributed by atoms with Crippen molar-refractivity contribution in [3.05, 3.63) is 56.5 Å². The summed E-state index contributed by atoms with van der Waals surface area (Å²) in [5, 5.41) is 4.10. The summed E-state index contributed by atoms with van der Waals surface area (Å²) in [6, 6.07) is 12.5. The van der Waals surface area contributed by atoms with Gasteiger partial charge in [0.15, 0.2) is 6.54 Å². The first kappa shape index (κ1) is 26.8. The number of rotatable bonds is 9. The average Bonchev–Trinajstić information content (AvgIpc) is 3.24. The van der Waals surface area contributed by atoms with E-state index in [1.807, 2.05) is 35.2 Å². The summed E-state index contributed by atoms with van der Waals surface area (Å²) in [7, 11) is 13.5. The highest BCUT2D eigenvalue weighted by molar-refractivity contribution is 8.03. The van der Waals surface area contributed by atoms with E-state index in [0.29, 0.717) is 0 Å². The van der Waals surface area contributed by atoms with Crippen LogP contribution in [0.25, 0.3) is 16.3 Å². The van der Waals surface area contributed by atoms with Crippen molar-refractivity contribution in [2.45, 2.75) is 24.3 Å². The Morgan fingerprint density at radius 2 is 1.54 bits per heavy atom. The van der Waals surface area contributed by atoms with Crippen LogP contribution >= 0.6 is 46.3 Å². The number of thiazole rings is 1. The largest absolute Gasteiger partial charge is 0.335 e. The molecule has 0 fully saturated rings. The second-order valence-electron chi connectivity index (χ2n) is 11.3. The van der Waals surface area contributed by atoms with Crippen LogP contribution in [0.2, 0.25) is 10.0 Å². The van der Waals surface area contributed by atoms with E-state index in [4.69, 9.17) is 23.2 Å². The van der Waals surface area contributed by atoms with Gasteiger partial charge in [-0.1, -0.05) is 46.3 Å². The van der Waals surface area contributed by atoms with Gasteiger partial charge in [0.2, 0.25) is 5.52 Å². The summed E-state index contributed by atoms with van der Waals surface area (Å²) >= 11 is 16.5. The number of anilines is 1. The van der Waals surface area contributed by atoms with Crippen LogP contribution in [0.4, 0.5) is 5.69 Å². The maximum atomic E-state index is 6.42. The number of aromatic nitrogens is 1. The number of nitrogens with zero attached hydrogens (tertiary/aromatic N) is 4. The van der Waals surface area contributed by atoms with Gasteiger partial charge >= 0.3 is 0 Å². The summed E-state index contributed by atoms with van der Waals surface area (Å²) < 4.78 is 5.65. The SMILES string of the molecule is C[N+](C)(C)CCCN1C(=Cc2sc3ccc(Cl)cc3[n+]2CCC[N+](C)(C)C)Sc2ccc(Cl)cc21. The summed E-state index contributed by atoms with van der Waals surface area (Å²) in [5.41, 5.74) is 2.44. The maximum Gasteiger partial charge on any atom is 0.265 e. The molecular weight excluding hydrogens is 515 g/mol. The molecule has 0 atom stereocenters. The van der Waals surface area contributed by atoms with Crippen LogP contribution in [-0.4, -0.2) is 70.9 Å². The lowest BCUT2D eigenvalue weighted by Crippen LogP contribution is -2.41. The molecule has 188 valence electrons. The number of benzene rings is 2. The van der Waals surface area contributed by atoms with E-state index in [1.165, 1.54) is 30.8 Å². The molecule has 0 aliphatic carbocycles. The Morgan fingerprint density at radius 3 is 2.26 bits per heavy atom. The van der Waals surface area contributed by atoms with Crippen molar-refractivity contribution in [3.63, 3.8) is 0 Å². The Kier molecular flexibility index (Phi) is 8.11. The molecule has 0 unspecified atom stereocenters. The first-order valence-corrected chi connectivity index (χ1v) is 14.5. The van der Waals surface area contributed by atoms with Gasteiger partial charge in [-0.05, 0) is 30.3 Å². The Labute approximate surface area is 228 Å². The zero-order chi connectivity index (χ0) is 25.4. The van der Waals surface area contributed by atoms with Crippen LogP contribution in [0, 0.1) is 0 Å². The third-order valence-corrected chi connectivity index (χ3v) is 8.75. The van der Waals surface area contributed by atoms with E-state index >= 15 is 0 Å². The van der Waals surface area contributed by atoms with Gasteiger partial charge in [0.1, 0.15) is 4.70 Å². The van der Waals surface area contributed by atoms with Crippen LogP contribution in [0.3, 0.4) is 0 Å². The Hall–Kier alpha value is -1.28. The molecule has 0 N–H and O–H groups in total. The minimum absolute atomic E-state index is 0.786. The number of halogens is 2. The molecule has 0 saturated heterocycles. The number of aryl methyl sites for hydroxylation is 1. The molecule has 0 radical (unpaired) electrons. The zero-order valence-corrected chi connectivity index (χ0v) is 24.8. The van der Waals surface area contributed by atoms with E-state index in [-0.39, 0.29) is 0 Å². The molecule has 0 spiro atoms. The molecular formula is C27H37Cl2N4S2+3. The molecule has 35 heavy (non-hydrogen) atoms. The average molecular weight is 553 g/mol. The van der Waals surface area contributed by atoms with E-state index in [9.17, 15) is 0 Å². The molecule has 0 bridgehead atoms. The molecule has 0 amide bonds. The quantitative estimate of drug-likeness (QED) is 0.218. The highest BCUT2D eigenvalue weighted by Gasteiger charge is 2.29. The summed E-state index contributed by atoms with van der Waals surface area (Å²) in [6.07, 6.45) is 4.59. The van der Waals surface area contributed by atoms with Crippen molar-refractivity contribution in [2.24, 2.45) is 0 Å². The van der Waals surface area contributed by atoms with Crippen LogP contribution in [0.1, 0.15) is 17.8 Å². The number of thioether (sulfide) groups is 1. The topological polar surface area (TPSA) is 7.12 Å². The van der Waals surface area contributed by atoms with Gasteiger partial charge in [-0.3, -0.25) is 0 Å². The van der Waals surface area contributed by atoms with Gasteiger partial charge in [-0.15, -0.1) is 0 Å². The van der Waals surface area contributed by atoms with Crippen molar-refractivity contribution in [3.8, 4) is 0 Å². The first-order chi connectivity index (χ1) is 16.4. The van der Waals surface area contributed by atoms with E-state index < -0.39 is 0 Å². The lowest BCUT2D eigenvalue weighted by molar-refractivity contribution is -0.873. The van der Waals surface area contributed by atoms with Crippen LogP contribution < -0.4 is 9.47 Å². The fraction of sp³-hybridized carbons (Fsp3) is 0.444. The normalized spacial score (nSPS) is 15.4. The van der Waals surface area contributed by atoms with Gasteiger partial charge in [-0.25, -0.2) is 0 Å². The number of hydrogen-bond acceptors (Lipinski definition) is 3. The fourth-order valence-electron chi connectivity index (χ4n) is 4.34. The minimum atomic E-state index is 0.786. The van der Waals surface area contributed by atoms with Gasteiger partial charge in [0.05, 0.1) is 78.6 Å². The number of quaternary nitrogens is 2. The first-order valence-electron chi connectivity index (χ1n) is 12.1. The fourth-order valence-corrected chi connectivity index (χ4v) is 6.95. The Balaban J connectivity index is 1.70. The lowest BCUT2D eigenvalue weighted by Gasteiger charge is -2.26. The van der Waals surface area contributed by atoms with Crippen LogP contribution in [-0.2, 0) is 6.54 Å². The summed E-state index contributed by atoms with van der Waals surface area (Å²) in [5.74, 6) is 0. The van der Waals surface area contributed by atoms with Gasteiger partial charge < -0.3 is 13.9 Å². The molecule has 8 heteroatoms. The predicted molar refractivity (Wildman–Crippen MR) is 155 cm³/mol. The molecule has 3 aromatic rings. The second-order valence-corrected chi connectivity index (χ2v) is 14.3. The van der Waals surface area contributed by atoms with Gasteiger partial charge in [0, 0.05) is 34.0 Å². The number of fused-ring (bicyclic) bond motifs is 2. The Morgan fingerprint density at radius 1 is 0.886 bits per heavy atom. The molecule has 2 heterocycles. The standard InChI is InChI=1S/C27H37Cl2N4S2/c1-32(2,3)15-7-13-30-22-17-20(28)9-11-24(22)34-26(30)19-27-31(14-8-16-33(4,5)6)23-18-21(29)10-12-25(23)35-27/h9-12,17-19H,7-8,13-16H2,1-6H3/q+3. The smallest absolute Gasteiger partial charge is 0.265 e. The molecule has 4 nitrogen and oxygen atoms in total. The highest BCUT2D eigenvalue weighted by Crippen LogP contribution is 2.48. The molecule has 1 aromatic heterocycles. The third kappa shape index (κ3) is 6.94. The maximum absolute atomic E-state index is 6.42. The monoisotopic (exact) mass is 551 g/mol. The summed E-state index contributed by atoms with van der Waals surface area (Å²) in [4.78, 5) is 3.72. The molecule has 4 rings (SSSR count). The molecule has 2 aromatic carbocycles. The van der Waals surface area contributed by atoms with E-state index in [0.717, 1.165) is 58.0 Å². The van der Waals surface area contributed by atoms with Gasteiger partial charge in [-0.2, -0.15) is 4.57 Å². The molecule has 1 aliphatic rings. The van der Waals surface area contributed by atoms with Crippen molar-refractivity contribution in [1.29, 1.82) is 0 Å². The van der Waals surface area contributed by atoms with Crippen molar-refractivity contribution in [2.75, 3.05) is 66.8 Å².